The molecule has 0 radical (unpaired) electrons. The van der Waals surface area contributed by atoms with Gasteiger partial charge in [0.2, 0.25) is 6.41 Å². The van der Waals surface area contributed by atoms with Crippen LogP contribution in [0, 0.1) is 0 Å². The molecule has 0 unspecified atom stereocenters. The summed E-state index contributed by atoms with van der Waals surface area (Å²) < 4.78 is 4.55. The summed E-state index contributed by atoms with van der Waals surface area (Å²) in [5.74, 6) is -0.262. The van der Waals surface area contributed by atoms with Gasteiger partial charge in [-0.2, -0.15) is 0 Å². The van der Waals surface area contributed by atoms with E-state index in [4.69, 9.17) is 0 Å². The van der Waals surface area contributed by atoms with Crippen molar-refractivity contribution in [1.29, 1.82) is 0 Å². The Morgan fingerprint density at radius 3 is 2.53 bits per heavy atom. The number of methoxy groups -OCH3 is 1. The minimum Gasteiger partial charge on any atom is -0.469 e. The number of anilines is 1. The second-order valence-corrected chi connectivity index (χ2v) is 3.61. The van der Waals surface area contributed by atoms with E-state index in [1.165, 1.54) is 7.11 Å². The Bertz CT molecular complexity index is 445. The first-order chi connectivity index (χ1) is 9.15. The van der Waals surface area contributed by atoms with Crippen LogP contribution in [0.1, 0.15) is 12.0 Å². The molecule has 0 saturated heterocycles. The van der Waals surface area contributed by atoms with Gasteiger partial charge < -0.3 is 10.1 Å². The molecule has 7 nitrogen and oxygen atoms in total. The number of benzene rings is 1. The number of hydrogen-bond acceptors (Lipinski definition) is 4. The molecule has 0 aliphatic carbocycles. The molecular weight excluding hydrogens is 250 g/mol. The van der Waals surface area contributed by atoms with Crippen molar-refractivity contribution in [3.8, 4) is 0 Å². The molecule has 19 heavy (non-hydrogen) atoms. The number of esters is 1. The van der Waals surface area contributed by atoms with Crippen LogP contribution in [0.4, 0.5) is 10.5 Å². The molecule has 3 amide bonds. The molecule has 0 heterocycles. The highest BCUT2D eigenvalue weighted by molar-refractivity contribution is 5.89. The highest BCUT2D eigenvalue weighted by atomic mass is 16.5. The fraction of sp³-hybridized carbons (Fsp3) is 0.250. The van der Waals surface area contributed by atoms with Crippen molar-refractivity contribution >= 4 is 24.1 Å². The number of urea groups is 1. The third kappa shape index (κ3) is 5.53. The molecule has 0 saturated carbocycles. The summed E-state index contributed by atoms with van der Waals surface area (Å²) in [6.45, 7) is 0. The summed E-state index contributed by atoms with van der Waals surface area (Å²) in [7, 11) is 1.35. The van der Waals surface area contributed by atoms with Crippen molar-refractivity contribution in [2.24, 2.45) is 0 Å². The molecule has 0 atom stereocenters. The Labute approximate surface area is 110 Å². The molecule has 1 aromatic carbocycles. The van der Waals surface area contributed by atoms with Crippen LogP contribution in [0.2, 0.25) is 0 Å². The van der Waals surface area contributed by atoms with Gasteiger partial charge in [0.05, 0.1) is 7.11 Å². The fourth-order valence-corrected chi connectivity index (χ4v) is 1.36. The van der Waals surface area contributed by atoms with E-state index in [0.29, 0.717) is 24.9 Å². The van der Waals surface area contributed by atoms with Gasteiger partial charge in [-0.15, -0.1) is 0 Å². The van der Waals surface area contributed by atoms with Crippen LogP contribution in [-0.2, 0) is 20.7 Å². The molecule has 0 fully saturated rings. The Balaban J connectivity index is 2.45. The number of ether oxygens (including phenoxy) is 1. The molecule has 0 bridgehead atoms. The van der Waals surface area contributed by atoms with Gasteiger partial charge in [-0.05, 0) is 24.1 Å². The number of hydrazine groups is 1. The Morgan fingerprint density at radius 1 is 1.26 bits per heavy atom. The van der Waals surface area contributed by atoms with Crippen LogP contribution < -0.4 is 16.2 Å². The van der Waals surface area contributed by atoms with Crippen LogP contribution in [-0.4, -0.2) is 25.5 Å². The van der Waals surface area contributed by atoms with Gasteiger partial charge in [0.25, 0.3) is 0 Å². The van der Waals surface area contributed by atoms with Crippen molar-refractivity contribution in [2.75, 3.05) is 12.4 Å². The topological polar surface area (TPSA) is 96.5 Å². The SMILES string of the molecule is COC(=O)CCc1ccc(NC(=O)NNC=O)cc1. The summed E-state index contributed by atoms with van der Waals surface area (Å²) >= 11 is 0. The number of carbonyl (C=O) groups excluding carboxylic acids is 3. The average Bonchev–Trinajstić information content (AvgIpc) is 2.44. The van der Waals surface area contributed by atoms with Crippen LogP contribution in [0.3, 0.4) is 0 Å². The molecular formula is C12H15N3O4. The van der Waals surface area contributed by atoms with E-state index >= 15 is 0 Å². The summed E-state index contributed by atoms with van der Waals surface area (Å²) in [5.41, 5.74) is 5.68. The number of rotatable bonds is 6. The molecule has 3 N–H and O–H groups in total. The number of carbonyl (C=O) groups is 3. The standard InChI is InChI=1S/C12H15N3O4/c1-19-11(17)7-4-9-2-5-10(6-3-9)14-12(18)15-13-8-16/h2-3,5-6,8H,4,7H2,1H3,(H,13,16)(H2,14,15,18). The maximum atomic E-state index is 11.2. The first-order valence-corrected chi connectivity index (χ1v) is 5.57. The van der Waals surface area contributed by atoms with E-state index in [9.17, 15) is 14.4 Å². The van der Waals surface area contributed by atoms with E-state index in [-0.39, 0.29) is 5.97 Å². The Hall–Kier alpha value is -2.57. The van der Waals surface area contributed by atoms with E-state index < -0.39 is 6.03 Å². The van der Waals surface area contributed by atoms with E-state index in [0.717, 1.165) is 5.56 Å². The minimum absolute atomic E-state index is 0.262. The molecule has 1 rings (SSSR count). The Kier molecular flexibility index (Phi) is 5.87. The van der Waals surface area contributed by atoms with Gasteiger partial charge in [-0.25, -0.2) is 10.2 Å². The lowest BCUT2D eigenvalue weighted by atomic mass is 10.1. The second-order valence-electron chi connectivity index (χ2n) is 3.61. The lowest BCUT2D eigenvalue weighted by molar-refractivity contribution is -0.140. The number of aryl methyl sites for hydroxylation is 1. The molecule has 0 aliphatic heterocycles. The van der Waals surface area contributed by atoms with Crippen LogP contribution in [0.5, 0.6) is 0 Å². The summed E-state index contributed by atoms with van der Waals surface area (Å²) in [4.78, 5) is 32.1. The van der Waals surface area contributed by atoms with Crippen molar-refractivity contribution in [3.63, 3.8) is 0 Å². The lowest BCUT2D eigenvalue weighted by Crippen LogP contribution is -2.39. The molecule has 0 aromatic heterocycles. The van der Waals surface area contributed by atoms with Crippen LogP contribution in [0.25, 0.3) is 0 Å². The quantitative estimate of drug-likeness (QED) is 0.398. The van der Waals surface area contributed by atoms with Crippen LogP contribution >= 0.6 is 0 Å². The summed E-state index contributed by atoms with van der Waals surface area (Å²) in [6.07, 6.45) is 1.24. The second kappa shape index (κ2) is 7.70. The normalized spacial score (nSPS) is 9.32. The van der Waals surface area contributed by atoms with E-state index in [1.54, 1.807) is 24.3 Å². The third-order valence-electron chi connectivity index (χ3n) is 2.30. The summed E-state index contributed by atoms with van der Waals surface area (Å²) in [6, 6.07) is 6.45. The lowest BCUT2D eigenvalue weighted by Gasteiger charge is -2.07. The van der Waals surface area contributed by atoms with Crippen LogP contribution in [0.15, 0.2) is 24.3 Å². The van der Waals surface area contributed by atoms with Gasteiger partial charge >= 0.3 is 12.0 Å². The largest absolute Gasteiger partial charge is 0.469 e. The summed E-state index contributed by atoms with van der Waals surface area (Å²) in [5, 5.41) is 2.52. The predicted octanol–water partition coefficient (Wildman–Crippen LogP) is 0.575. The molecule has 102 valence electrons. The molecule has 0 spiro atoms. The smallest absolute Gasteiger partial charge is 0.337 e. The highest BCUT2D eigenvalue weighted by Gasteiger charge is 2.03. The zero-order valence-electron chi connectivity index (χ0n) is 10.4. The molecule has 1 aromatic rings. The third-order valence-corrected chi connectivity index (χ3v) is 2.30. The predicted molar refractivity (Wildman–Crippen MR) is 68.1 cm³/mol. The zero-order chi connectivity index (χ0) is 14.1. The maximum absolute atomic E-state index is 11.2. The van der Waals surface area contributed by atoms with Gasteiger partial charge in [0.15, 0.2) is 0 Å². The first-order valence-electron chi connectivity index (χ1n) is 5.57. The van der Waals surface area contributed by atoms with Crippen molar-refractivity contribution < 1.29 is 19.1 Å². The van der Waals surface area contributed by atoms with Gasteiger partial charge in [-0.3, -0.25) is 15.0 Å². The maximum Gasteiger partial charge on any atom is 0.337 e. The van der Waals surface area contributed by atoms with Gasteiger partial charge in [-0.1, -0.05) is 12.1 Å². The fourth-order valence-electron chi connectivity index (χ4n) is 1.36. The van der Waals surface area contributed by atoms with Crippen molar-refractivity contribution in [2.45, 2.75) is 12.8 Å². The van der Waals surface area contributed by atoms with E-state index in [1.807, 2.05) is 5.43 Å². The first kappa shape index (κ1) is 14.5. The minimum atomic E-state index is -0.547. The number of amides is 3. The highest BCUT2D eigenvalue weighted by Crippen LogP contribution is 2.11. The number of nitrogens with one attached hydrogen (secondary N) is 3. The van der Waals surface area contributed by atoms with Gasteiger partial charge in [0.1, 0.15) is 0 Å². The monoisotopic (exact) mass is 265 g/mol. The average molecular weight is 265 g/mol. The van der Waals surface area contributed by atoms with Crippen molar-refractivity contribution in [3.05, 3.63) is 29.8 Å². The number of hydrogen-bond donors (Lipinski definition) is 3. The van der Waals surface area contributed by atoms with Gasteiger partial charge in [0, 0.05) is 12.1 Å². The molecule has 7 heteroatoms. The Morgan fingerprint density at radius 2 is 1.95 bits per heavy atom. The van der Waals surface area contributed by atoms with E-state index in [2.05, 4.69) is 15.5 Å². The zero-order valence-corrected chi connectivity index (χ0v) is 10.4. The van der Waals surface area contributed by atoms with Crippen molar-refractivity contribution in [1.82, 2.24) is 10.9 Å². The molecule has 0 aliphatic rings.